The summed E-state index contributed by atoms with van der Waals surface area (Å²) in [6, 6.07) is 22.2. The molecular formula is C26H29ClN4OS. The zero-order chi connectivity index (χ0) is 22.9. The van der Waals surface area contributed by atoms with Gasteiger partial charge in [0, 0.05) is 32.2 Å². The van der Waals surface area contributed by atoms with E-state index >= 15 is 0 Å². The Morgan fingerprint density at radius 2 is 1.61 bits per heavy atom. The van der Waals surface area contributed by atoms with Crippen LogP contribution >= 0.6 is 23.4 Å². The van der Waals surface area contributed by atoms with E-state index in [1.54, 1.807) is 0 Å². The van der Waals surface area contributed by atoms with Crippen molar-refractivity contribution in [3.63, 3.8) is 0 Å². The molecule has 172 valence electrons. The minimum Gasteiger partial charge on any atom is -0.356 e. The number of thioether (sulfide) groups is 1. The fourth-order valence-electron chi connectivity index (χ4n) is 3.96. The molecule has 1 aromatic heterocycles. The monoisotopic (exact) mass is 480 g/mol. The molecule has 0 radical (unpaired) electrons. The molecule has 1 aliphatic rings. The maximum atomic E-state index is 13.2. The van der Waals surface area contributed by atoms with E-state index in [-0.39, 0.29) is 11.7 Å². The SMILES string of the molecule is O=C(CSc1nc(Cl)cc(N2CCCCC2)n1)N(CCc1ccccc1)Cc1ccccc1. The molecule has 1 aliphatic heterocycles. The molecule has 0 bridgehead atoms. The third kappa shape index (κ3) is 7.21. The molecule has 1 fully saturated rings. The van der Waals surface area contributed by atoms with Crippen LogP contribution in [0.25, 0.3) is 0 Å². The van der Waals surface area contributed by atoms with Crippen LogP contribution in [-0.2, 0) is 17.8 Å². The highest BCUT2D eigenvalue weighted by Crippen LogP contribution is 2.24. The Hall–Kier alpha value is -2.57. The van der Waals surface area contributed by atoms with Gasteiger partial charge in [-0.3, -0.25) is 4.79 Å². The summed E-state index contributed by atoms with van der Waals surface area (Å²) in [4.78, 5) is 26.4. The third-order valence-corrected chi connectivity index (χ3v) is 6.77. The quantitative estimate of drug-likeness (QED) is 0.230. The van der Waals surface area contributed by atoms with Crippen LogP contribution in [0, 0.1) is 0 Å². The number of halogens is 1. The minimum absolute atomic E-state index is 0.0721. The Balaban J connectivity index is 1.42. The summed E-state index contributed by atoms with van der Waals surface area (Å²) in [7, 11) is 0. The molecule has 3 aromatic rings. The topological polar surface area (TPSA) is 49.3 Å². The molecule has 4 rings (SSSR count). The van der Waals surface area contributed by atoms with Crippen molar-refractivity contribution in [2.45, 2.75) is 37.4 Å². The van der Waals surface area contributed by atoms with Crippen LogP contribution in [-0.4, -0.2) is 46.2 Å². The molecule has 1 saturated heterocycles. The van der Waals surface area contributed by atoms with Gasteiger partial charge >= 0.3 is 0 Å². The van der Waals surface area contributed by atoms with E-state index in [1.165, 1.54) is 36.6 Å². The van der Waals surface area contributed by atoms with Crippen LogP contribution in [0.1, 0.15) is 30.4 Å². The summed E-state index contributed by atoms with van der Waals surface area (Å²) in [5, 5.41) is 0.977. The number of hydrogen-bond donors (Lipinski definition) is 0. The first-order chi connectivity index (χ1) is 16.2. The molecule has 0 aliphatic carbocycles. The zero-order valence-corrected chi connectivity index (χ0v) is 20.3. The Labute approximate surface area is 205 Å². The van der Waals surface area contributed by atoms with Gasteiger partial charge in [-0.2, -0.15) is 0 Å². The van der Waals surface area contributed by atoms with Gasteiger partial charge in [-0.15, -0.1) is 0 Å². The maximum Gasteiger partial charge on any atom is 0.233 e. The smallest absolute Gasteiger partial charge is 0.233 e. The molecule has 2 aromatic carbocycles. The van der Waals surface area contributed by atoms with Crippen molar-refractivity contribution in [3.8, 4) is 0 Å². The van der Waals surface area contributed by atoms with Gasteiger partial charge in [-0.1, -0.05) is 84.0 Å². The second-order valence-corrected chi connectivity index (χ2v) is 9.53. The molecule has 0 N–H and O–H groups in total. The van der Waals surface area contributed by atoms with Crippen LogP contribution in [0.3, 0.4) is 0 Å². The molecule has 2 heterocycles. The summed E-state index contributed by atoms with van der Waals surface area (Å²) < 4.78 is 0. The summed E-state index contributed by atoms with van der Waals surface area (Å²) in [6.45, 7) is 3.22. The van der Waals surface area contributed by atoms with Crippen molar-refractivity contribution >= 4 is 35.1 Å². The summed E-state index contributed by atoms with van der Waals surface area (Å²) in [5.41, 5.74) is 2.34. The van der Waals surface area contributed by atoms with E-state index in [1.807, 2.05) is 47.4 Å². The maximum absolute atomic E-state index is 13.2. The lowest BCUT2D eigenvalue weighted by Gasteiger charge is -2.28. The number of hydrogen-bond acceptors (Lipinski definition) is 5. The zero-order valence-electron chi connectivity index (χ0n) is 18.7. The molecular weight excluding hydrogens is 452 g/mol. The van der Waals surface area contributed by atoms with Gasteiger partial charge in [-0.25, -0.2) is 9.97 Å². The standard InChI is InChI=1S/C26H29ClN4OS/c27-23-18-24(30-15-8-3-9-16-30)29-26(28-23)33-20-25(32)31(19-22-12-6-2-7-13-22)17-14-21-10-4-1-5-11-21/h1-2,4-7,10-13,18H,3,8-9,14-17,19-20H2. The first-order valence-electron chi connectivity index (χ1n) is 11.5. The average Bonchev–Trinajstić information content (AvgIpc) is 2.86. The molecule has 0 saturated carbocycles. The lowest BCUT2D eigenvalue weighted by Crippen LogP contribution is -2.34. The fraction of sp³-hybridized carbons (Fsp3) is 0.346. The van der Waals surface area contributed by atoms with E-state index in [0.29, 0.717) is 23.4 Å². The molecule has 0 unspecified atom stereocenters. The summed E-state index contributed by atoms with van der Waals surface area (Å²) in [6.07, 6.45) is 4.40. The predicted molar refractivity (Wildman–Crippen MR) is 136 cm³/mol. The lowest BCUT2D eigenvalue weighted by molar-refractivity contribution is -0.128. The first-order valence-corrected chi connectivity index (χ1v) is 12.8. The van der Waals surface area contributed by atoms with E-state index < -0.39 is 0 Å². The number of amides is 1. The minimum atomic E-state index is 0.0721. The number of aromatic nitrogens is 2. The summed E-state index contributed by atoms with van der Waals surface area (Å²) >= 11 is 7.64. The largest absolute Gasteiger partial charge is 0.356 e. The number of rotatable bonds is 9. The van der Waals surface area contributed by atoms with Gasteiger partial charge in [0.05, 0.1) is 5.75 Å². The molecule has 0 spiro atoms. The highest BCUT2D eigenvalue weighted by Gasteiger charge is 2.18. The van der Waals surface area contributed by atoms with Crippen molar-refractivity contribution in [3.05, 3.63) is 83.0 Å². The van der Waals surface area contributed by atoms with Crippen LogP contribution in [0.15, 0.2) is 71.9 Å². The molecule has 1 amide bonds. The van der Waals surface area contributed by atoms with Crippen LogP contribution in [0.5, 0.6) is 0 Å². The molecule has 33 heavy (non-hydrogen) atoms. The number of nitrogens with zero attached hydrogens (tertiary/aromatic N) is 4. The Kier molecular flexibility index (Phi) is 8.61. The second kappa shape index (κ2) is 12.1. The van der Waals surface area contributed by atoms with Crippen molar-refractivity contribution in [1.29, 1.82) is 0 Å². The van der Waals surface area contributed by atoms with Gasteiger partial charge in [-0.05, 0) is 36.8 Å². The van der Waals surface area contributed by atoms with Crippen LogP contribution < -0.4 is 4.90 Å². The lowest BCUT2D eigenvalue weighted by atomic mass is 10.1. The van der Waals surface area contributed by atoms with E-state index in [0.717, 1.165) is 30.9 Å². The number of carbonyl (C=O) groups is 1. The Morgan fingerprint density at radius 1 is 0.939 bits per heavy atom. The molecule has 5 nitrogen and oxygen atoms in total. The Bertz CT molecular complexity index is 1030. The van der Waals surface area contributed by atoms with Crippen molar-refractivity contribution in [2.24, 2.45) is 0 Å². The van der Waals surface area contributed by atoms with Crippen LogP contribution in [0.4, 0.5) is 5.82 Å². The van der Waals surface area contributed by atoms with Crippen molar-refractivity contribution in [2.75, 3.05) is 30.3 Å². The highest BCUT2D eigenvalue weighted by atomic mass is 35.5. The number of carbonyl (C=O) groups excluding carboxylic acids is 1. The molecule has 0 atom stereocenters. The predicted octanol–water partition coefficient (Wildman–Crippen LogP) is 5.48. The van der Waals surface area contributed by atoms with Gasteiger partial charge in [0.1, 0.15) is 11.0 Å². The average molecular weight is 481 g/mol. The number of piperidine rings is 1. The highest BCUT2D eigenvalue weighted by molar-refractivity contribution is 7.99. The summed E-state index contributed by atoms with van der Waals surface area (Å²) in [5.74, 6) is 1.21. The van der Waals surface area contributed by atoms with Gasteiger partial charge in [0.2, 0.25) is 5.91 Å². The fourth-order valence-corrected chi connectivity index (χ4v) is 4.94. The number of benzene rings is 2. The second-order valence-electron chi connectivity index (χ2n) is 8.20. The van der Waals surface area contributed by atoms with E-state index in [2.05, 4.69) is 39.1 Å². The van der Waals surface area contributed by atoms with Crippen molar-refractivity contribution < 1.29 is 4.79 Å². The van der Waals surface area contributed by atoms with Crippen LogP contribution in [0.2, 0.25) is 5.15 Å². The van der Waals surface area contributed by atoms with E-state index in [4.69, 9.17) is 11.6 Å². The molecule has 7 heteroatoms. The van der Waals surface area contributed by atoms with Gasteiger partial charge < -0.3 is 9.80 Å². The number of anilines is 1. The van der Waals surface area contributed by atoms with Crippen molar-refractivity contribution in [1.82, 2.24) is 14.9 Å². The van der Waals surface area contributed by atoms with E-state index in [9.17, 15) is 4.79 Å². The van der Waals surface area contributed by atoms with Gasteiger partial charge in [0.25, 0.3) is 0 Å². The normalized spacial score (nSPS) is 13.7. The first kappa shape index (κ1) is 23.6. The van der Waals surface area contributed by atoms with Gasteiger partial charge in [0.15, 0.2) is 5.16 Å². The third-order valence-electron chi connectivity index (χ3n) is 5.75. The Morgan fingerprint density at radius 3 is 2.30 bits per heavy atom.